The van der Waals surface area contributed by atoms with Gasteiger partial charge >= 0.3 is 5.97 Å². The Morgan fingerprint density at radius 2 is 2.10 bits per heavy atom. The highest BCUT2D eigenvalue weighted by molar-refractivity contribution is 7.17. The first-order chi connectivity index (χ1) is 10.1. The second-order valence-electron chi connectivity index (χ2n) is 5.46. The molecule has 0 saturated carbocycles. The zero-order valence-electron chi connectivity index (χ0n) is 13.0. The zero-order chi connectivity index (χ0) is 15.4. The van der Waals surface area contributed by atoms with Crippen LogP contribution in [0.1, 0.15) is 60.8 Å². The van der Waals surface area contributed by atoms with Crippen molar-refractivity contribution >= 4 is 28.2 Å². The van der Waals surface area contributed by atoms with E-state index in [0.717, 1.165) is 37.7 Å². The normalized spacial score (nSPS) is 14.6. The predicted octanol–water partition coefficient (Wildman–Crippen LogP) is 3.79. The topological polar surface area (TPSA) is 55.4 Å². The van der Waals surface area contributed by atoms with E-state index in [1.54, 1.807) is 6.92 Å². The first-order valence-corrected chi connectivity index (χ1v) is 8.52. The monoisotopic (exact) mass is 309 g/mol. The summed E-state index contributed by atoms with van der Waals surface area (Å²) in [5.74, 6) is -0.361. The van der Waals surface area contributed by atoms with E-state index in [2.05, 4.69) is 12.2 Å². The molecule has 4 nitrogen and oxygen atoms in total. The van der Waals surface area contributed by atoms with Crippen LogP contribution in [0.25, 0.3) is 0 Å². The second-order valence-corrected chi connectivity index (χ2v) is 6.57. The molecule has 1 aromatic heterocycles. The van der Waals surface area contributed by atoms with Crippen LogP contribution in [0, 0.1) is 5.92 Å². The molecule has 0 aliphatic heterocycles. The third-order valence-electron chi connectivity index (χ3n) is 3.81. The van der Waals surface area contributed by atoms with E-state index in [9.17, 15) is 9.59 Å². The number of ether oxygens (including phenoxy) is 1. The predicted molar refractivity (Wildman–Crippen MR) is 85.0 cm³/mol. The van der Waals surface area contributed by atoms with Crippen LogP contribution in [-0.4, -0.2) is 18.5 Å². The van der Waals surface area contributed by atoms with Crippen molar-refractivity contribution in [1.29, 1.82) is 0 Å². The molecule has 0 aromatic carbocycles. The summed E-state index contributed by atoms with van der Waals surface area (Å²) in [6.07, 6.45) is 4.80. The molecule has 0 spiro atoms. The molecule has 0 fully saturated rings. The Balaban J connectivity index is 2.23. The molecular formula is C16H23NO3S. The Morgan fingerprint density at radius 3 is 2.76 bits per heavy atom. The van der Waals surface area contributed by atoms with Crippen molar-refractivity contribution in [2.45, 2.75) is 52.9 Å². The van der Waals surface area contributed by atoms with Gasteiger partial charge in [0.2, 0.25) is 5.91 Å². The minimum Gasteiger partial charge on any atom is -0.462 e. The summed E-state index contributed by atoms with van der Waals surface area (Å²) in [4.78, 5) is 25.6. The van der Waals surface area contributed by atoms with E-state index in [1.165, 1.54) is 16.2 Å². The number of hydrogen-bond acceptors (Lipinski definition) is 4. The summed E-state index contributed by atoms with van der Waals surface area (Å²) in [6.45, 7) is 6.13. The maximum Gasteiger partial charge on any atom is 0.341 e. The van der Waals surface area contributed by atoms with Gasteiger partial charge in [0, 0.05) is 10.8 Å². The number of fused-ring (bicyclic) bond motifs is 1. The minimum atomic E-state index is -0.310. The number of carbonyl (C=O) groups excluding carboxylic acids is 2. The van der Waals surface area contributed by atoms with E-state index in [4.69, 9.17) is 4.74 Å². The van der Waals surface area contributed by atoms with Gasteiger partial charge < -0.3 is 10.1 Å². The summed E-state index contributed by atoms with van der Waals surface area (Å²) in [6, 6.07) is 0. The highest BCUT2D eigenvalue weighted by Crippen LogP contribution is 2.39. The van der Waals surface area contributed by atoms with E-state index >= 15 is 0 Å². The molecule has 1 N–H and O–H groups in total. The quantitative estimate of drug-likeness (QED) is 0.813. The number of esters is 1. The molecule has 2 rings (SSSR count). The van der Waals surface area contributed by atoms with Crippen LogP contribution in [0.2, 0.25) is 0 Å². The number of carbonyl (C=O) groups is 2. The number of anilines is 1. The fourth-order valence-electron chi connectivity index (χ4n) is 2.71. The van der Waals surface area contributed by atoms with Gasteiger partial charge in [-0.15, -0.1) is 11.3 Å². The minimum absolute atomic E-state index is 0.0117. The Labute approximate surface area is 129 Å². The van der Waals surface area contributed by atoms with Crippen molar-refractivity contribution < 1.29 is 14.3 Å². The van der Waals surface area contributed by atoms with Gasteiger partial charge in [-0.2, -0.15) is 0 Å². The smallest absolute Gasteiger partial charge is 0.341 e. The molecule has 0 radical (unpaired) electrons. The molecule has 116 valence electrons. The van der Waals surface area contributed by atoms with Crippen LogP contribution in [0.3, 0.4) is 0 Å². The molecule has 1 amide bonds. The Bertz CT molecular complexity index is 536. The van der Waals surface area contributed by atoms with Crippen LogP contribution in [0.15, 0.2) is 0 Å². The van der Waals surface area contributed by atoms with Gasteiger partial charge in [-0.3, -0.25) is 4.79 Å². The summed E-state index contributed by atoms with van der Waals surface area (Å²) < 4.78 is 5.16. The molecule has 0 saturated heterocycles. The lowest BCUT2D eigenvalue weighted by molar-refractivity contribution is -0.119. The highest BCUT2D eigenvalue weighted by Gasteiger charge is 2.28. The molecule has 1 heterocycles. The fraction of sp³-hybridized carbons (Fsp3) is 0.625. The molecule has 1 aromatic rings. The van der Waals surface area contributed by atoms with E-state index < -0.39 is 0 Å². The van der Waals surface area contributed by atoms with Gasteiger partial charge in [-0.1, -0.05) is 20.3 Å². The third kappa shape index (κ3) is 3.46. The Morgan fingerprint density at radius 1 is 1.33 bits per heavy atom. The maximum atomic E-state index is 12.2. The van der Waals surface area contributed by atoms with Gasteiger partial charge in [0.1, 0.15) is 5.00 Å². The molecule has 1 atom stereocenters. The van der Waals surface area contributed by atoms with Crippen LogP contribution < -0.4 is 5.32 Å². The van der Waals surface area contributed by atoms with Crippen molar-refractivity contribution in [3.63, 3.8) is 0 Å². The number of nitrogens with one attached hydrogen (secondary N) is 1. The molecule has 21 heavy (non-hydrogen) atoms. The standard InChI is InChI=1S/C16H23NO3S/c1-4-7-10(3)14(18)17-15-13(16(19)20-5-2)11-8-6-9-12(11)21-15/h10H,4-9H2,1-3H3,(H,17,18)/t10-/m1/s1. The second kappa shape index (κ2) is 7.07. The van der Waals surface area contributed by atoms with Crippen molar-refractivity contribution in [1.82, 2.24) is 0 Å². The van der Waals surface area contributed by atoms with Crippen molar-refractivity contribution in [2.24, 2.45) is 5.92 Å². The van der Waals surface area contributed by atoms with Crippen LogP contribution in [-0.2, 0) is 22.4 Å². The first-order valence-electron chi connectivity index (χ1n) is 7.70. The average Bonchev–Trinajstić information content (AvgIpc) is 2.99. The Kier molecular flexibility index (Phi) is 5.39. The molecule has 0 bridgehead atoms. The van der Waals surface area contributed by atoms with Gasteiger partial charge in [0.25, 0.3) is 0 Å². The van der Waals surface area contributed by atoms with Gasteiger partial charge in [-0.05, 0) is 38.2 Å². The lowest BCUT2D eigenvalue weighted by Gasteiger charge is -2.12. The summed E-state index contributed by atoms with van der Waals surface area (Å²) in [5.41, 5.74) is 1.67. The fourth-order valence-corrected chi connectivity index (χ4v) is 3.99. The number of aryl methyl sites for hydroxylation is 1. The van der Waals surface area contributed by atoms with E-state index in [1.807, 2.05) is 6.92 Å². The van der Waals surface area contributed by atoms with Crippen molar-refractivity contribution in [2.75, 3.05) is 11.9 Å². The van der Waals surface area contributed by atoms with Gasteiger partial charge in [-0.25, -0.2) is 4.79 Å². The molecule has 0 unspecified atom stereocenters. The number of thiophene rings is 1. The molecule has 5 heteroatoms. The highest BCUT2D eigenvalue weighted by atomic mass is 32.1. The van der Waals surface area contributed by atoms with Gasteiger partial charge in [0.15, 0.2) is 0 Å². The maximum absolute atomic E-state index is 12.2. The van der Waals surface area contributed by atoms with Gasteiger partial charge in [0.05, 0.1) is 12.2 Å². The zero-order valence-corrected chi connectivity index (χ0v) is 13.8. The average molecular weight is 309 g/mol. The van der Waals surface area contributed by atoms with E-state index in [-0.39, 0.29) is 17.8 Å². The SMILES string of the molecule is CCC[C@@H](C)C(=O)Nc1sc2c(c1C(=O)OCC)CCC2. The largest absolute Gasteiger partial charge is 0.462 e. The lowest BCUT2D eigenvalue weighted by atomic mass is 10.1. The number of rotatable bonds is 6. The van der Waals surface area contributed by atoms with Crippen LogP contribution in [0.5, 0.6) is 0 Å². The first kappa shape index (κ1) is 16.0. The number of hydrogen-bond donors (Lipinski definition) is 1. The van der Waals surface area contributed by atoms with Crippen LogP contribution >= 0.6 is 11.3 Å². The van der Waals surface area contributed by atoms with Crippen molar-refractivity contribution in [3.8, 4) is 0 Å². The summed E-state index contributed by atoms with van der Waals surface area (Å²) in [7, 11) is 0. The van der Waals surface area contributed by atoms with Crippen LogP contribution in [0.4, 0.5) is 5.00 Å². The Hall–Kier alpha value is -1.36. The summed E-state index contributed by atoms with van der Waals surface area (Å²) >= 11 is 1.53. The summed E-state index contributed by atoms with van der Waals surface area (Å²) in [5, 5.41) is 3.61. The molecule has 1 aliphatic carbocycles. The third-order valence-corrected chi connectivity index (χ3v) is 5.01. The molecule has 1 aliphatic rings. The van der Waals surface area contributed by atoms with E-state index in [0.29, 0.717) is 17.2 Å². The van der Waals surface area contributed by atoms with Crippen molar-refractivity contribution in [3.05, 3.63) is 16.0 Å². The lowest BCUT2D eigenvalue weighted by Crippen LogP contribution is -2.21. The molecular weight excluding hydrogens is 286 g/mol. The number of amides is 1.